The number of likely N-dealkylation sites (N-methyl/N-ethyl adjacent to an activating group) is 1. The first-order chi connectivity index (χ1) is 8.59. The number of anilines is 1. The molecular formula is C15H22N2O. The lowest BCUT2D eigenvalue weighted by molar-refractivity contribution is -0.121. The molecule has 1 amide bonds. The Balaban J connectivity index is 2.09. The van der Waals surface area contributed by atoms with Crippen molar-refractivity contribution in [3.8, 4) is 0 Å². The second-order valence-corrected chi connectivity index (χ2v) is 5.23. The van der Waals surface area contributed by atoms with Crippen LogP contribution < -0.4 is 5.32 Å². The number of piperidine rings is 1. The van der Waals surface area contributed by atoms with Crippen LogP contribution in [-0.2, 0) is 4.79 Å². The van der Waals surface area contributed by atoms with Gasteiger partial charge in [0, 0.05) is 5.69 Å². The van der Waals surface area contributed by atoms with E-state index in [1.165, 1.54) is 12.0 Å². The predicted molar refractivity (Wildman–Crippen MR) is 74.8 cm³/mol. The number of nitrogens with one attached hydrogen (secondary N) is 1. The second-order valence-electron chi connectivity index (χ2n) is 5.23. The predicted octanol–water partition coefficient (Wildman–Crippen LogP) is 2.73. The van der Waals surface area contributed by atoms with E-state index >= 15 is 0 Å². The van der Waals surface area contributed by atoms with E-state index in [4.69, 9.17) is 0 Å². The lowest BCUT2D eigenvalue weighted by Gasteiger charge is -2.31. The standard InChI is InChI=1S/C15H22N2O/c1-11-7-6-8-13(12(11)2)16-15(18)14-9-4-5-10-17(14)3/h6-8,14H,4-5,9-10H2,1-3H3,(H,16,18). The maximum atomic E-state index is 12.3. The lowest BCUT2D eigenvalue weighted by atomic mass is 10.0. The third-order valence-corrected chi connectivity index (χ3v) is 3.94. The number of likely N-dealkylation sites (tertiary alicyclic amines) is 1. The van der Waals surface area contributed by atoms with Crippen LogP contribution in [0.15, 0.2) is 18.2 Å². The molecule has 3 nitrogen and oxygen atoms in total. The van der Waals surface area contributed by atoms with Crippen LogP contribution in [0.4, 0.5) is 5.69 Å². The molecule has 3 heteroatoms. The zero-order valence-corrected chi connectivity index (χ0v) is 11.5. The number of hydrogen-bond acceptors (Lipinski definition) is 2. The van der Waals surface area contributed by atoms with E-state index in [9.17, 15) is 4.79 Å². The first-order valence-corrected chi connectivity index (χ1v) is 6.67. The van der Waals surface area contributed by atoms with Crippen LogP contribution in [0, 0.1) is 13.8 Å². The van der Waals surface area contributed by atoms with Crippen LogP contribution in [0.3, 0.4) is 0 Å². The van der Waals surface area contributed by atoms with Gasteiger partial charge in [-0.15, -0.1) is 0 Å². The van der Waals surface area contributed by atoms with Gasteiger partial charge in [0.15, 0.2) is 0 Å². The molecule has 0 radical (unpaired) electrons. The Morgan fingerprint density at radius 1 is 1.33 bits per heavy atom. The average molecular weight is 246 g/mol. The molecule has 0 aromatic heterocycles. The summed E-state index contributed by atoms with van der Waals surface area (Å²) in [6.07, 6.45) is 3.31. The normalized spacial score (nSPS) is 20.7. The van der Waals surface area contributed by atoms with Gasteiger partial charge < -0.3 is 5.32 Å². The van der Waals surface area contributed by atoms with Crippen LogP contribution in [0.25, 0.3) is 0 Å². The highest BCUT2D eigenvalue weighted by Crippen LogP contribution is 2.21. The highest BCUT2D eigenvalue weighted by atomic mass is 16.2. The zero-order chi connectivity index (χ0) is 13.1. The summed E-state index contributed by atoms with van der Waals surface area (Å²) < 4.78 is 0. The minimum atomic E-state index is 0.0265. The number of aryl methyl sites for hydroxylation is 1. The van der Waals surface area contributed by atoms with Crippen LogP contribution in [0.2, 0.25) is 0 Å². The Hall–Kier alpha value is -1.35. The third-order valence-electron chi connectivity index (χ3n) is 3.94. The molecule has 1 aromatic rings. The first-order valence-electron chi connectivity index (χ1n) is 6.67. The molecule has 1 atom stereocenters. The average Bonchev–Trinajstić information content (AvgIpc) is 2.35. The Kier molecular flexibility index (Phi) is 4.02. The fraction of sp³-hybridized carbons (Fsp3) is 0.533. The summed E-state index contributed by atoms with van der Waals surface area (Å²) in [6.45, 7) is 5.14. The molecule has 1 aliphatic heterocycles. The summed E-state index contributed by atoms with van der Waals surface area (Å²) in [5.74, 6) is 0.130. The van der Waals surface area contributed by atoms with Crippen molar-refractivity contribution in [3.63, 3.8) is 0 Å². The smallest absolute Gasteiger partial charge is 0.241 e. The molecule has 1 saturated heterocycles. The van der Waals surface area contributed by atoms with Crippen molar-refractivity contribution in [2.75, 3.05) is 18.9 Å². The summed E-state index contributed by atoms with van der Waals surface area (Å²) in [7, 11) is 2.03. The summed E-state index contributed by atoms with van der Waals surface area (Å²) >= 11 is 0. The quantitative estimate of drug-likeness (QED) is 0.870. The van der Waals surface area contributed by atoms with Crippen molar-refractivity contribution in [2.24, 2.45) is 0 Å². The Labute approximate surface area is 109 Å². The molecule has 1 aliphatic rings. The molecule has 1 unspecified atom stereocenters. The maximum Gasteiger partial charge on any atom is 0.241 e. The number of carbonyl (C=O) groups is 1. The second kappa shape index (κ2) is 5.53. The summed E-state index contributed by atoms with van der Waals surface area (Å²) in [5.41, 5.74) is 3.31. The van der Waals surface area contributed by atoms with Gasteiger partial charge >= 0.3 is 0 Å². The molecule has 2 rings (SSSR count). The number of hydrogen-bond donors (Lipinski definition) is 1. The van der Waals surface area contributed by atoms with E-state index in [1.54, 1.807) is 0 Å². The van der Waals surface area contributed by atoms with Gasteiger partial charge in [-0.2, -0.15) is 0 Å². The Bertz CT molecular complexity index is 442. The van der Waals surface area contributed by atoms with Gasteiger partial charge in [-0.3, -0.25) is 9.69 Å². The minimum absolute atomic E-state index is 0.0265. The zero-order valence-electron chi connectivity index (χ0n) is 11.5. The van der Waals surface area contributed by atoms with Gasteiger partial charge in [0.2, 0.25) is 5.91 Å². The number of benzene rings is 1. The Morgan fingerprint density at radius 3 is 2.83 bits per heavy atom. The highest BCUT2D eigenvalue weighted by molar-refractivity contribution is 5.95. The van der Waals surface area contributed by atoms with Crippen molar-refractivity contribution < 1.29 is 4.79 Å². The van der Waals surface area contributed by atoms with Crippen molar-refractivity contribution in [2.45, 2.75) is 39.2 Å². The Morgan fingerprint density at radius 2 is 2.11 bits per heavy atom. The lowest BCUT2D eigenvalue weighted by Crippen LogP contribution is -2.44. The summed E-state index contributed by atoms with van der Waals surface area (Å²) in [5, 5.41) is 3.07. The van der Waals surface area contributed by atoms with Crippen molar-refractivity contribution >= 4 is 11.6 Å². The molecule has 1 fully saturated rings. The highest BCUT2D eigenvalue weighted by Gasteiger charge is 2.25. The van der Waals surface area contributed by atoms with Gasteiger partial charge in [0.1, 0.15) is 0 Å². The molecule has 18 heavy (non-hydrogen) atoms. The number of carbonyl (C=O) groups excluding carboxylic acids is 1. The minimum Gasteiger partial charge on any atom is -0.324 e. The van der Waals surface area contributed by atoms with Crippen molar-refractivity contribution in [1.29, 1.82) is 0 Å². The molecule has 0 spiro atoms. The molecule has 0 saturated carbocycles. The van der Waals surface area contributed by atoms with E-state index in [0.717, 1.165) is 30.6 Å². The molecule has 0 bridgehead atoms. The number of rotatable bonds is 2. The van der Waals surface area contributed by atoms with Crippen molar-refractivity contribution in [1.82, 2.24) is 4.90 Å². The molecule has 1 aromatic carbocycles. The van der Waals surface area contributed by atoms with E-state index in [-0.39, 0.29) is 11.9 Å². The van der Waals surface area contributed by atoms with Crippen LogP contribution in [-0.4, -0.2) is 30.4 Å². The topological polar surface area (TPSA) is 32.3 Å². The van der Waals surface area contributed by atoms with Gasteiger partial charge in [-0.25, -0.2) is 0 Å². The third kappa shape index (κ3) is 2.72. The molecule has 98 valence electrons. The fourth-order valence-electron chi connectivity index (χ4n) is 2.51. The monoisotopic (exact) mass is 246 g/mol. The maximum absolute atomic E-state index is 12.3. The van der Waals surface area contributed by atoms with E-state index in [0.29, 0.717) is 0 Å². The van der Waals surface area contributed by atoms with Gasteiger partial charge in [-0.05, 0) is 57.5 Å². The SMILES string of the molecule is Cc1cccc(NC(=O)C2CCCCN2C)c1C. The summed E-state index contributed by atoms with van der Waals surface area (Å²) in [6, 6.07) is 6.06. The van der Waals surface area contributed by atoms with Crippen LogP contribution >= 0.6 is 0 Å². The van der Waals surface area contributed by atoms with Crippen molar-refractivity contribution in [3.05, 3.63) is 29.3 Å². The molecular weight excluding hydrogens is 224 g/mol. The molecule has 1 heterocycles. The molecule has 1 N–H and O–H groups in total. The fourth-order valence-corrected chi connectivity index (χ4v) is 2.51. The first kappa shape index (κ1) is 13.1. The van der Waals surface area contributed by atoms with Crippen LogP contribution in [0.5, 0.6) is 0 Å². The van der Waals surface area contributed by atoms with Gasteiger partial charge in [0.05, 0.1) is 6.04 Å². The van der Waals surface area contributed by atoms with Gasteiger partial charge in [-0.1, -0.05) is 18.6 Å². The number of amides is 1. The van der Waals surface area contributed by atoms with E-state index in [2.05, 4.69) is 30.1 Å². The summed E-state index contributed by atoms with van der Waals surface area (Å²) in [4.78, 5) is 14.4. The number of nitrogens with zero attached hydrogens (tertiary/aromatic N) is 1. The van der Waals surface area contributed by atoms with Gasteiger partial charge in [0.25, 0.3) is 0 Å². The van der Waals surface area contributed by atoms with Crippen LogP contribution in [0.1, 0.15) is 30.4 Å². The largest absolute Gasteiger partial charge is 0.324 e. The van der Waals surface area contributed by atoms with E-state index in [1.807, 2.05) is 19.2 Å². The molecule has 0 aliphatic carbocycles. The van der Waals surface area contributed by atoms with E-state index < -0.39 is 0 Å².